The molecule has 2 unspecified atom stereocenters. The molecule has 116 valence electrons. The van der Waals surface area contributed by atoms with Crippen LogP contribution in [0.2, 0.25) is 5.02 Å². The van der Waals surface area contributed by atoms with Crippen LogP contribution in [-0.2, 0) is 4.79 Å². The summed E-state index contributed by atoms with van der Waals surface area (Å²) in [5, 5.41) is 10.1. The molecule has 0 spiro atoms. The van der Waals surface area contributed by atoms with Crippen molar-refractivity contribution in [1.29, 1.82) is 5.26 Å². The highest BCUT2D eigenvalue weighted by atomic mass is 35.5. The Morgan fingerprint density at radius 2 is 2.09 bits per heavy atom. The summed E-state index contributed by atoms with van der Waals surface area (Å²) in [6.45, 7) is 0. The Labute approximate surface area is 138 Å². The van der Waals surface area contributed by atoms with Crippen molar-refractivity contribution in [3.8, 4) is 6.07 Å². The second-order valence-corrected chi connectivity index (χ2v) is 7.64. The van der Waals surface area contributed by atoms with E-state index in [1.54, 1.807) is 6.07 Å². The second kappa shape index (κ2) is 4.58. The van der Waals surface area contributed by atoms with Gasteiger partial charge in [0.1, 0.15) is 11.3 Å². The van der Waals surface area contributed by atoms with Gasteiger partial charge in [0.25, 0.3) is 0 Å². The fourth-order valence-corrected chi connectivity index (χ4v) is 5.53. The molecule has 1 aromatic carbocycles. The Morgan fingerprint density at radius 3 is 2.74 bits per heavy atom. The van der Waals surface area contributed by atoms with Gasteiger partial charge in [-0.15, -0.1) is 0 Å². The van der Waals surface area contributed by atoms with E-state index in [4.69, 9.17) is 11.6 Å². The Kier molecular flexibility index (Phi) is 2.70. The number of aromatic amines is 1. The van der Waals surface area contributed by atoms with E-state index in [1.165, 1.54) is 19.3 Å². The number of rotatable bonds is 3. The summed E-state index contributed by atoms with van der Waals surface area (Å²) in [5.41, 5.74) is 1.41. The first-order valence-corrected chi connectivity index (χ1v) is 8.64. The molecular formula is C18H16ClN3O. The number of hydrogen-bond donors (Lipinski definition) is 1. The van der Waals surface area contributed by atoms with Gasteiger partial charge >= 0.3 is 0 Å². The van der Waals surface area contributed by atoms with Crippen LogP contribution in [0.25, 0.3) is 11.0 Å². The number of carbonyl (C=O) groups excluding carboxylic acids is 1. The third-order valence-electron chi connectivity index (χ3n) is 6.23. The quantitative estimate of drug-likeness (QED) is 0.935. The molecule has 1 aromatic heterocycles. The van der Waals surface area contributed by atoms with Gasteiger partial charge in [0.2, 0.25) is 0 Å². The second-order valence-electron chi connectivity index (χ2n) is 7.24. The maximum absolute atomic E-state index is 12.9. The van der Waals surface area contributed by atoms with Crippen LogP contribution in [0, 0.1) is 40.9 Å². The summed E-state index contributed by atoms with van der Waals surface area (Å²) in [7, 11) is 0. The molecule has 1 N–H and O–H groups in total. The molecule has 0 radical (unpaired) electrons. The average Bonchev–Trinajstić information content (AvgIpc) is 2.90. The Hall–Kier alpha value is -1.86. The van der Waals surface area contributed by atoms with E-state index in [-0.39, 0.29) is 11.7 Å². The minimum absolute atomic E-state index is 0.0641. The van der Waals surface area contributed by atoms with E-state index in [9.17, 15) is 10.1 Å². The SMILES string of the molecule is N#CC(C(=O)C1[C@@H]2[C@H]3CC[C@H](C3)[C@H]12)c1nc2c(Cl)cccc2[nH]1. The molecule has 1 heterocycles. The summed E-state index contributed by atoms with van der Waals surface area (Å²) in [6, 6.07) is 7.63. The number of H-pyrrole nitrogens is 1. The zero-order valence-electron chi connectivity index (χ0n) is 12.5. The van der Waals surface area contributed by atoms with Crippen molar-refractivity contribution >= 4 is 28.4 Å². The topological polar surface area (TPSA) is 69.5 Å². The number of nitrogens with zero attached hydrogens (tertiary/aromatic N) is 2. The lowest BCUT2D eigenvalue weighted by molar-refractivity contribution is -0.121. The minimum atomic E-state index is -0.798. The highest BCUT2D eigenvalue weighted by molar-refractivity contribution is 6.34. The first kappa shape index (κ1) is 13.6. The standard InChI is InChI=1S/C18H16ClN3O/c19-11-2-1-3-12-16(11)22-18(21-12)10(7-20)17(23)15-13-8-4-5-9(6-8)14(13)15/h1-3,8-10,13-15H,4-6H2,(H,21,22)/t8-,9+,10?,13+,14-,15?. The summed E-state index contributed by atoms with van der Waals surface area (Å²) >= 11 is 6.15. The lowest BCUT2D eigenvalue weighted by atomic mass is 9.93. The van der Waals surface area contributed by atoms with E-state index in [2.05, 4.69) is 16.0 Å². The average molecular weight is 326 g/mol. The van der Waals surface area contributed by atoms with Crippen molar-refractivity contribution in [2.24, 2.45) is 29.6 Å². The first-order chi connectivity index (χ1) is 11.2. The number of ketones is 1. The minimum Gasteiger partial charge on any atom is -0.340 e. The number of imidazole rings is 1. The van der Waals surface area contributed by atoms with E-state index in [0.717, 1.165) is 17.4 Å². The molecule has 6 atom stereocenters. The van der Waals surface area contributed by atoms with E-state index in [0.29, 0.717) is 28.2 Å². The molecule has 23 heavy (non-hydrogen) atoms. The number of aromatic nitrogens is 2. The number of halogens is 1. The van der Waals surface area contributed by atoms with Crippen LogP contribution in [0.4, 0.5) is 0 Å². The van der Waals surface area contributed by atoms with Crippen molar-refractivity contribution < 1.29 is 4.79 Å². The highest BCUT2D eigenvalue weighted by Gasteiger charge is 2.68. The number of benzene rings is 1. The van der Waals surface area contributed by atoms with Crippen LogP contribution in [0.1, 0.15) is 31.0 Å². The molecule has 3 saturated carbocycles. The normalized spacial score (nSPS) is 35.0. The summed E-state index contributed by atoms with van der Waals surface area (Å²) in [6.07, 6.45) is 3.84. The molecule has 2 aromatic rings. The third-order valence-corrected chi connectivity index (χ3v) is 6.54. The van der Waals surface area contributed by atoms with Gasteiger partial charge in [0.15, 0.2) is 11.7 Å². The highest BCUT2D eigenvalue weighted by Crippen LogP contribution is 2.70. The molecule has 0 amide bonds. The molecule has 4 nitrogen and oxygen atoms in total. The van der Waals surface area contributed by atoms with Gasteiger partial charge in [-0.1, -0.05) is 17.7 Å². The van der Waals surface area contributed by atoms with Crippen molar-refractivity contribution in [3.05, 3.63) is 29.0 Å². The van der Waals surface area contributed by atoms with Gasteiger partial charge in [-0.2, -0.15) is 5.26 Å². The number of Topliss-reactive ketones (excluding diaryl/α,β-unsaturated/α-hetero) is 1. The lowest BCUT2D eigenvalue weighted by Gasteiger charge is -2.10. The fraction of sp³-hybridized carbons (Fsp3) is 0.500. The molecule has 0 saturated heterocycles. The van der Waals surface area contributed by atoms with Crippen LogP contribution >= 0.6 is 11.6 Å². The van der Waals surface area contributed by atoms with Gasteiger partial charge in [-0.05, 0) is 55.1 Å². The van der Waals surface area contributed by atoms with Crippen molar-refractivity contribution in [1.82, 2.24) is 9.97 Å². The smallest absolute Gasteiger partial charge is 0.162 e. The molecule has 2 bridgehead atoms. The fourth-order valence-electron chi connectivity index (χ4n) is 5.31. The monoisotopic (exact) mass is 325 g/mol. The largest absolute Gasteiger partial charge is 0.340 e. The van der Waals surface area contributed by atoms with Gasteiger partial charge < -0.3 is 4.98 Å². The van der Waals surface area contributed by atoms with E-state index in [1.807, 2.05) is 12.1 Å². The van der Waals surface area contributed by atoms with Crippen LogP contribution in [-0.4, -0.2) is 15.8 Å². The maximum atomic E-state index is 12.9. The van der Waals surface area contributed by atoms with Crippen LogP contribution in [0.15, 0.2) is 18.2 Å². The van der Waals surface area contributed by atoms with Gasteiger partial charge in [0, 0.05) is 5.92 Å². The Bertz CT molecular complexity index is 851. The number of fused-ring (bicyclic) bond motifs is 6. The van der Waals surface area contributed by atoms with Gasteiger partial charge in [0.05, 0.1) is 16.6 Å². The number of para-hydroxylation sites is 1. The molecule has 3 aliphatic rings. The number of nitriles is 1. The molecule has 5 heteroatoms. The molecule has 3 aliphatic carbocycles. The molecule has 5 rings (SSSR count). The van der Waals surface area contributed by atoms with Crippen LogP contribution in [0.5, 0.6) is 0 Å². The van der Waals surface area contributed by atoms with Gasteiger partial charge in [-0.3, -0.25) is 4.79 Å². The predicted molar refractivity (Wildman–Crippen MR) is 85.8 cm³/mol. The molecule has 0 aliphatic heterocycles. The number of nitrogens with one attached hydrogen (secondary N) is 1. The van der Waals surface area contributed by atoms with E-state index < -0.39 is 5.92 Å². The Balaban J connectivity index is 1.47. The van der Waals surface area contributed by atoms with Crippen LogP contribution < -0.4 is 0 Å². The van der Waals surface area contributed by atoms with Crippen molar-refractivity contribution in [2.75, 3.05) is 0 Å². The first-order valence-electron chi connectivity index (χ1n) is 8.26. The summed E-state index contributed by atoms with van der Waals surface area (Å²) < 4.78 is 0. The van der Waals surface area contributed by atoms with Crippen molar-refractivity contribution in [3.63, 3.8) is 0 Å². The van der Waals surface area contributed by atoms with E-state index >= 15 is 0 Å². The number of hydrogen-bond acceptors (Lipinski definition) is 3. The third kappa shape index (κ3) is 1.77. The zero-order chi connectivity index (χ0) is 15.7. The maximum Gasteiger partial charge on any atom is 0.162 e. The molecular weight excluding hydrogens is 310 g/mol. The summed E-state index contributed by atoms with van der Waals surface area (Å²) in [4.78, 5) is 20.5. The van der Waals surface area contributed by atoms with Gasteiger partial charge in [-0.25, -0.2) is 4.98 Å². The summed E-state index contributed by atoms with van der Waals surface area (Å²) in [5.74, 6) is 2.34. The number of carbonyl (C=O) groups is 1. The predicted octanol–water partition coefficient (Wildman–Crippen LogP) is 3.68. The molecule has 3 fully saturated rings. The zero-order valence-corrected chi connectivity index (χ0v) is 13.3. The van der Waals surface area contributed by atoms with Crippen molar-refractivity contribution in [2.45, 2.75) is 25.2 Å². The lowest BCUT2D eigenvalue weighted by Crippen LogP contribution is -2.18. The van der Waals surface area contributed by atoms with Crippen LogP contribution in [0.3, 0.4) is 0 Å². The Morgan fingerprint density at radius 1 is 1.35 bits per heavy atom.